The van der Waals surface area contributed by atoms with Crippen LogP contribution in [-0.2, 0) is 0 Å². The molecule has 1 aromatic heterocycles. The third-order valence-electron chi connectivity index (χ3n) is 2.22. The lowest BCUT2D eigenvalue weighted by Crippen LogP contribution is -1.98. The van der Waals surface area contributed by atoms with Crippen molar-refractivity contribution in [2.45, 2.75) is 0 Å². The number of anilines is 1. The lowest BCUT2D eigenvalue weighted by molar-refractivity contribution is 0.398. The minimum Gasteiger partial charge on any atom is -0.507 e. The van der Waals surface area contributed by atoms with Crippen molar-refractivity contribution in [3.8, 4) is 11.6 Å². The highest BCUT2D eigenvalue weighted by Crippen LogP contribution is 2.20. The predicted molar refractivity (Wildman–Crippen MR) is 72.9 cm³/mol. The number of methoxy groups -OCH3 is 1. The first-order valence-corrected chi connectivity index (χ1v) is 5.71. The first kappa shape index (κ1) is 13.1. The minimum absolute atomic E-state index is 0.0843. The molecule has 0 aliphatic rings. The molecule has 2 rings (SSSR count). The van der Waals surface area contributed by atoms with E-state index in [1.165, 1.54) is 31.8 Å². The molecule has 6 nitrogen and oxygen atoms in total. The summed E-state index contributed by atoms with van der Waals surface area (Å²) >= 11 is 5.82. The third kappa shape index (κ3) is 3.32. The van der Waals surface area contributed by atoms with E-state index in [0.29, 0.717) is 22.3 Å². The van der Waals surface area contributed by atoms with E-state index >= 15 is 0 Å². The lowest BCUT2D eigenvalue weighted by atomic mass is 10.2. The van der Waals surface area contributed by atoms with Gasteiger partial charge in [-0.2, -0.15) is 5.10 Å². The molecule has 0 fully saturated rings. The average Bonchev–Trinajstić information content (AvgIpc) is 2.43. The van der Waals surface area contributed by atoms with Crippen LogP contribution in [0, 0.1) is 0 Å². The van der Waals surface area contributed by atoms with Crippen LogP contribution < -0.4 is 10.2 Å². The summed E-state index contributed by atoms with van der Waals surface area (Å²) in [6.07, 6.45) is 4.45. The highest BCUT2D eigenvalue weighted by atomic mass is 35.5. The molecule has 7 heteroatoms. The number of rotatable bonds is 4. The summed E-state index contributed by atoms with van der Waals surface area (Å²) in [6, 6.07) is 4.68. The fraction of sp³-hybridized carbons (Fsp3) is 0.0833. The number of halogens is 1. The Kier molecular flexibility index (Phi) is 4.15. The number of aromatic nitrogens is 2. The molecule has 0 spiro atoms. The van der Waals surface area contributed by atoms with Crippen LogP contribution in [0.5, 0.6) is 11.6 Å². The average molecular weight is 279 g/mol. The molecule has 0 radical (unpaired) electrons. The van der Waals surface area contributed by atoms with Crippen LogP contribution >= 0.6 is 11.6 Å². The van der Waals surface area contributed by atoms with E-state index in [1.807, 2.05) is 0 Å². The van der Waals surface area contributed by atoms with Crippen molar-refractivity contribution in [2.24, 2.45) is 5.10 Å². The number of nitrogens with zero attached hydrogens (tertiary/aromatic N) is 3. The standard InChI is InChI=1S/C12H11ClN4O2/c1-19-12-11(14-4-5-15-12)17-16-7-8-6-9(13)2-3-10(8)18/h2-7,18H,1H3,(H,14,17). The molecule has 0 aliphatic heterocycles. The third-order valence-corrected chi connectivity index (χ3v) is 2.46. The SMILES string of the molecule is COc1nccnc1NN=Cc1cc(Cl)ccc1O. The number of benzene rings is 1. The van der Waals surface area contributed by atoms with Crippen molar-refractivity contribution in [1.82, 2.24) is 9.97 Å². The minimum atomic E-state index is 0.0843. The molecule has 2 N–H and O–H groups in total. The molecule has 0 saturated carbocycles. The summed E-state index contributed by atoms with van der Waals surface area (Å²) in [5, 5.41) is 14.1. The van der Waals surface area contributed by atoms with Crippen LogP contribution in [0.15, 0.2) is 35.7 Å². The summed E-state index contributed by atoms with van der Waals surface area (Å²) in [7, 11) is 1.49. The van der Waals surface area contributed by atoms with Crippen molar-refractivity contribution in [3.63, 3.8) is 0 Å². The van der Waals surface area contributed by atoms with Crippen molar-refractivity contribution in [2.75, 3.05) is 12.5 Å². The highest BCUT2D eigenvalue weighted by molar-refractivity contribution is 6.30. The van der Waals surface area contributed by atoms with Crippen molar-refractivity contribution in [1.29, 1.82) is 0 Å². The van der Waals surface area contributed by atoms with Crippen molar-refractivity contribution in [3.05, 3.63) is 41.2 Å². The van der Waals surface area contributed by atoms with E-state index in [4.69, 9.17) is 16.3 Å². The van der Waals surface area contributed by atoms with E-state index < -0.39 is 0 Å². The van der Waals surface area contributed by atoms with Gasteiger partial charge in [0.05, 0.1) is 13.3 Å². The molecule has 0 amide bonds. The quantitative estimate of drug-likeness (QED) is 0.662. The van der Waals surface area contributed by atoms with Gasteiger partial charge in [0.2, 0.25) is 5.82 Å². The van der Waals surface area contributed by atoms with Gasteiger partial charge in [-0.1, -0.05) is 11.6 Å². The van der Waals surface area contributed by atoms with Gasteiger partial charge in [0, 0.05) is 23.0 Å². The van der Waals surface area contributed by atoms with E-state index in [1.54, 1.807) is 12.1 Å². The second-order valence-electron chi connectivity index (χ2n) is 3.49. The fourth-order valence-electron chi connectivity index (χ4n) is 1.34. The first-order chi connectivity index (χ1) is 9.20. The Balaban J connectivity index is 2.13. The molecule has 98 valence electrons. The Bertz CT molecular complexity index is 604. The van der Waals surface area contributed by atoms with Crippen LogP contribution in [0.3, 0.4) is 0 Å². The van der Waals surface area contributed by atoms with E-state index in [-0.39, 0.29) is 5.75 Å². The number of ether oxygens (including phenoxy) is 1. The lowest BCUT2D eigenvalue weighted by Gasteiger charge is -2.04. The number of phenolic OH excluding ortho intramolecular Hbond substituents is 1. The van der Waals surface area contributed by atoms with Crippen LogP contribution in [0.25, 0.3) is 0 Å². The predicted octanol–water partition coefficient (Wildman–Crippen LogP) is 2.29. The van der Waals surface area contributed by atoms with Gasteiger partial charge < -0.3 is 9.84 Å². The summed E-state index contributed by atoms with van der Waals surface area (Å²) in [5.74, 6) is 0.791. The molecule has 0 unspecified atom stereocenters. The van der Waals surface area contributed by atoms with Crippen LogP contribution in [-0.4, -0.2) is 28.4 Å². The van der Waals surface area contributed by atoms with Gasteiger partial charge in [-0.05, 0) is 18.2 Å². The van der Waals surface area contributed by atoms with Gasteiger partial charge >= 0.3 is 0 Å². The Morgan fingerprint density at radius 2 is 2.16 bits per heavy atom. The maximum absolute atomic E-state index is 9.60. The highest BCUT2D eigenvalue weighted by Gasteiger charge is 2.03. The second kappa shape index (κ2) is 6.01. The summed E-state index contributed by atoms with van der Waals surface area (Å²) in [5.41, 5.74) is 3.16. The van der Waals surface area contributed by atoms with Gasteiger partial charge in [-0.25, -0.2) is 9.97 Å². The monoisotopic (exact) mass is 278 g/mol. The van der Waals surface area contributed by atoms with Crippen LogP contribution in [0.1, 0.15) is 5.56 Å². The van der Waals surface area contributed by atoms with Gasteiger partial charge in [-0.3, -0.25) is 5.43 Å². The van der Waals surface area contributed by atoms with Gasteiger partial charge in [-0.15, -0.1) is 0 Å². The Labute approximate surface area is 114 Å². The van der Waals surface area contributed by atoms with Crippen LogP contribution in [0.2, 0.25) is 5.02 Å². The largest absolute Gasteiger partial charge is 0.507 e. The number of nitrogens with one attached hydrogen (secondary N) is 1. The normalized spacial score (nSPS) is 10.6. The van der Waals surface area contributed by atoms with E-state index in [0.717, 1.165) is 0 Å². The molecule has 0 bridgehead atoms. The van der Waals surface area contributed by atoms with E-state index in [9.17, 15) is 5.11 Å². The van der Waals surface area contributed by atoms with E-state index in [2.05, 4.69) is 20.5 Å². The molecule has 0 atom stereocenters. The number of hydrogen-bond donors (Lipinski definition) is 2. The molecule has 2 aromatic rings. The topological polar surface area (TPSA) is 79.6 Å². The second-order valence-corrected chi connectivity index (χ2v) is 3.92. The molecule has 1 aromatic carbocycles. The zero-order valence-corrected chi connectivity index (χ0v) is 10.8. The molecule has 1 heterocycles. The van der Waals surface area contributed by atoms with Crippen molar-refractivity contribution >= 4 is 23.6 Å². The maximum atomic E-state index is 9.60. The Hall–Kier alpha value is -2.34. The molecular formula is C12H11ClN4O2. The van der Waals surface area contributed by atoms with Crippen LogP contribution in [0.4, 0.5) is 5.82 Å². The fourth-order valence-corrected chi connectivity index (χ4v) is 1.52. The summed E-state index contributed by atoms with van der Waals surface area (Å²) in [4.78, 5) is 7.98. The number of hydrazone groups is 1. The molecule has 0 saturated heterocycles. The van der Waals surface area contributed by atoms with Gasteiger partial charge in [0.1, 0.15) is 5.75 Å². The Morgan fingerprint density at radius 3 is 2.95 bits per heavy atom. The zero-order chi connectivity index (χ0) is 13.7. The summed E-state index contributed by atoms with van der Waals surface area (Å²) < 4.78 is 5.01. The molecule has 0 aliphatic carbocycles. The zero-order valence-electron chi connectivity index (χ0n) is 10.0. The first-order valence-electron chi connectivity index (χ1n) is 5.33. The number of hydrogen-bond acceptors (Lipinski definition) is 6. The molecular weight excluding hydrogens is 268 g/mol. The Morgan fingerprint density at radius 1 is 1.37 bits per heavy atom. The van der Waals surface area contributed by atoms with Crippen molar-refractivity contribution < 1.29 is 9.84 Å². The summed E-state index contributed by atoms with van der Waals surface area (Å²) in [6.45, 7) is 0. The number of phenols is 1. The smallest absolute Gasteiger partial charge is 0.258 e. The van der Waals surface area contributed by atoms with Gasteiger partial charge in [0.25, 0.3) is 5.88 Å². The van der Waals surface area contributed by atoms with Gasteiger partial charge in [0.15, 0.2) is 0 Å². The number of aromatic hydroxyl groups is 1. The molecule has 19 heavy (non-hydrogen) atoms. The maximum Gasteiger partial charge on any atom is 0.258 e.